The molecule has 2 aromatic carbocycles. The standard InChI is InChI=1S/C18H16ClN3O3S/c1-2-25-18-12-11-16(20-21-18)13-7-9-14(10-8-13)22-26(23,24)17-6-4-3-5-15(17)19/h3-12,22H,2H2,1H3. The first kappa shape index (κ1) is 18.2. The number of hydrogen-bond donors (Lipinski definition) is 1. The molecular formula is C18H16ClN3O3S. The van der Waals surface area contributed by atoms with Gasteiger partial charge in [0.2, 0.25) is 5.88 Å². The lowest BCUT2D eigenvalue weighted by Gasteiger charge is -2.10. The Morgan fingerprint density at radius 1 is 1.00 bits per heavy atom. The number of sulfonamides is 1. The summed E-state index contributed by atoms with van der Waals surface area (Å²) < 4.78 is 32.7. The summed E-state index contributed by atoms with van der Waals surface area (Å²) in [5.41, 5.74) is 1.89. The highest BCUT2D eigenvalue weighted by Gasteiger charge is 2.17. The van der Waals surface area contributed by atoms with Crippen molar-refractivity contribution in [3.63, 3.8) is 0 Å². The van der Waals surface area contributed by atoms with Crippen molar-refractivity contribution in [2.75, 3.05) is 11.3 Å². The molecule has 0 aliphatic heterocycles. The summed E-state index contributed by atoms with van der Waals surface area (Å²) in [5.74, 6) is 0.459. The van der Waals surface area contributed by atoms with Crippen LogP contribution in [-0.2, 0) is 10.0 Å². The average molecular weight is 390 g/mol. The third-order valence-corrected chi connectivity index (χ3v) is 5.37. The van der Waals surface area contributed by atoms with E-state index in [1.807, 2.05) is 6.92 Å². The van der Waals surface area contributed by atoms with Crippen LogP contribution in [0.2, 0.25) is 5.02 Å². The lowest BCUT2D eigenvalue weighted by molar-refractivity contribution is 0.323. The minimum Gasteiger partial charge on any atom is -0.477 e. The Morgan fingerprint density at radius 2 is 1.73 bits per heavy atom. The van der Waals surface area contributed by atoms with Crippen molar-refractivity contribution in [3.8, 4) is 17.1 Å². The molecule has 0 amide bonds. The van der Waals surface area contributed by atoms with Crippen LogP contribution in [0.15, 0.2) is 65.6 Å². The molecule has 134 valence electrons. The summed E-state index contributed by atoms with van der Waals surface area (Å²) in [6.07, 6.45) is 0. The fourth-order valence-electron chi connectivity index (χ4n) is 2.28. The molecule has 0 aliphatic carbocycles. The van der Waals surface area contributed by atoms with Gasteiger partial charge in [0, 0.05) is 17.3 Å². The van der Waals surface area contributed by atoms with E-state index in [0.717, 1.165) is 5.56 Å². The Hall–Kier alpha value is -2.64. The molecular weight excluding hydrogens is 374 g/mol. The van der Waals surface area contributed by atoms with E-state index in [1.165, 1.54) is 12.1 Å². The topological polar surface area (TPSA) is 81.2 Å². The normalized spacial score (nSPS) is 11.2. The second kappa shape index (κ2) is 7.72. The maximum atomic E-state index is 12.4. The molecule has 1 aromatic heterocycles. The van der Waals surface area contributed by atoms with E-state index in [1.54, 1.807) is 48.5 Å². The van der Waals surface area contributed by atoms with Crippen LogP contribution < -0.4 is 9.46 Å². The van der Waals surface area contributed by atoms with E-state index in [0.29, 0.717) is 23.9 Å². The quantitative estimate of drug-likeness (QED) is 0.689. The third-order valence-electron chi connectivity index (χ3n) is 3.49. The van der Waals surface area contributed by atoms with Crippen molar-refractivity contribution >= 4 is 27.3 Å². The molecule has 0 atom stereocenters. The van der Waals surface area contributed by atoms with Gasteiger partial charge in [0.25, 0.3) is 10.0 Å². The number of halogens is 1. The predicted octanol–water partition coefficient (Wildman–Crippen LogP) is 4.00. The fourth-order valence-corrected chi connectivity index (χ4v) is 3.86. The molecule has 0 fully saturated rings. The van der Waals surface area contributed by atoms with Gasteiger partial charge in [-0.3, -0.25) is 4.72 Å². The second-order valence-corrected chi connectivity index (χ2v) is 7.36. The Morgan fingerprint density at radius 3 is 2.35 bits per heavy atom. The smallest absolute Gasteiger partial charge is 0.263 e. The highest BCUT2D eigenvalue weighted by molar-refractivity contribution is 7.92. The first-order valence-electron chi connectivity index (χ1n) is 7.84. The van der Waals surface area contributed by atoms with Gasteiger partial charge in [-0.05, 0) is 37.3 Å². The zero-order chi connectivity index (χ0) is 18.6. The Balaban J connectivity index is 1.78. The maximum Gasteiger partial charge on any atom is 0.263 e. The van der Waals surface area contributed by atoms with Crippen LogP contribution in [0.3, 0.4) is 0 Å². The number of aromatic nitrogens is 2. The first-order valence-corrected chi connectivity index (χ1v) is 9.70. The van der Waals surface area contributed by atoms with Crippen molar-refractivity contribution in [1.82, 2.24) is 10.2 Å². The molecule has 0 aliphatic rings. The van der Waals surface area contributed by atoms with Gasteiger partial charge >= 0.3 is 0 Å². The van der Waals surface area contributed by atoms with Gasteiger partial charge in [-0.25, -0.2) is 8.42 Å². The van der Waals surface area contributed by atoms with Gasteiger partial charge in [0.1, 0.15) is 4.90 Å². The van der Waals surface area contributed by atoms with Crippen LogP contribution >= 0.6 is 11.6 Å². The van der Waals surface area contributed by atoms with Crippen LogP contribution in [0.1, 0.15) is 6.92 Å². The van der Waals surface area contributed by atoms with Crippen LogP contribution in [0.25, 0.3) is 11.3 Å². The lowest BCUT2D eigenvalue weighted by Crippen LogP contribution is -2.13. The number of nitrogens with one attached hydrogen (secondary N) is 1. The van der Waals surface area contributed by atoms with E-state index in [2.05, 4.69) is 14.9 Å². The predicted molar refractivity (Wildman–Crippen MR) is 101 cm³/mol. The number of ether oxygens (including phenoxy) is 1. The highest BCUT2D eigenvalue weighted by Crippen LogP contribution is 2.25. The van der Waals surface area contributed by atoms with Crippen molar-refractivity contribution < 1.29 is 13.2 Å². The summed E-state index contributed by atoms with van der Waals surface area (Å²) in [7, 11) is -3.76. The summed E-state index contributed by atoms with van der Waals surface area (Å²) in [4.78, 5) is 0.0307. The number of rotatable bonds is 6. The van der Waals surface area contributed by atoms with Gasteiger partial charge in [-0.15, -0.1) is 10.2 Å². The molecule has 0 saturated carbocycles. The van der Waals surface area contributed by atoms with Gasteiger partial charge in [-0.2, -0.15) is 0 Å². The SMILES string of the molecule is CCOc1ccc(-c2ccc(NS(=O)(=O)c3ccccc3Cl)cc2)nn1. The average Bonchev–Trinajstić information content (AvgIpc) is 2.63. The van der Waals surface area contributed by atoms with Gasteiger partial charge < -0.3 is 4.74 Å². The molecule has 6 nitrogen and oxygen atoms in total. The van der Waals surface area contributed by atoms with Crippen LogP contribution in [0, 0.1) is 0 Å². The molecule has 26 heavy (non-hydrogen) atoms. The first-order chi connectivity index (χ1) is 12.5. The zero-order valence-corrected chi connectivity index (χ0v) is 15.5. The highest BCUT2D eigenvalue weighted by atomic mass is 35.5. The number of anilines is 1. The molecule has 0 radical (unpaired) electrons. The Kier molecular flexibility index (Phi) is 5.39. The lowest BCUT2D eigenvalue weighted by atomic mass is 10.1. The van der Waals surface area contributed by atoms with Crippen molar-refractivity contribution in [2.45, 2.75) is 11.8 Å². The third kappa shape index (κ3) is 4.12. The molecule has 8 heteroatoms. The molecule has 1 N–H and O–H groups in total. The summed E-state index contributed by atoms with van der Waals surface area (Å²) >= 11 is 5.97. The van der Waals surface area contributed by atoms with E-state index in [-0.39, 0.29) is 9.92 Å². The summed E-state index contributed by atoms with van der Waals surface area (Å²) in [6.45, 7) is 2.40. The molecule has 1 heterocycles. The minimum atomic E-state index is -3.76. The second-order valence-electron chi connectivity index (χ2n) is 5.30. The minimum absolute atomic E-state index is 0.0307. The number of benzene rings is 2. The van der Waals surface area contributed by atoms with E-state index in [9.17, 15) is 8.42 Å². The maximum absolute atomic E-state index is 12.4. The Labute approximate surface area is 156 Å². The molecule has 0 unspecified atom stereocenters. The van der Waals surface area contributed by atoms with Crippen LogP contribution in [-0.4, -0.2) is 25.2 Å². The van der Waals surface area contributed by atoms with Crippen molar-refractivity contribution in [2.24, 2.45) is 0 Å². The molecule has 3 rings (SSSR count). The molecule has 0 spiro atoms. The van der Waals surface area contributed by atoms with E-state index >= 15 is 0 Å². The van der Waals surface area contributed by atoms with Gasteiger partial charge in [0.05, 0.1) is 17.3 Å². The number of hydrogen-bond acceptors (Lipinski definition) is 5. The van der Waals surface area contributed by atoms with Gasteiger partial charge in [0.15, 0.2) is 0 Å². The van der Waals surface area contributed by atoms with E-state index in [4.69, 9.17) is 16.3 Å². The molecule has 0 saturated heterocycles. The van der Waals surface area contributed by atoms with Crippen LogP contribution in [0.4, 0.5) is 5.69 Å². The zero-order valence-electron chi connectivity index (χ0n) is 13.9. The van der Waals surface area contributed by atoms with E-state index < -0.39 is 10.0 Å². The van der Waals surface area contributed by atoms with Crippen molar-refractivity contribution in [3.05, 3.63) is 65.7 Å². The Bertz CT molecular complexity index is 991. The van der Waals surface area contributed by atoms with Crippen LogP contribution in [0.5, 0.6) is 5.88 Å². The fraction of sp³-hybridized carbons (Fsp3) is 0.111. The molecule has 0 bridgehead atoms. The van der Waals surface area contributed by atoms with Crippen molar-refractivity contribution in [1.29, 1.82) is 0 Å². The largest absolute Gasteiger partial charge is 0.477 e. The number of nitrogens with zero attached hydrogens (tertiary/aromatic N) is 2. The molecule has 3 aromatic rings. The monoisotopic (exact) mass is 389 g/mol. The van der Waals surface area contributed by atoms with Gasteiger partial charge in [-0.1, -0.05) is 35.9 Å². The summed E-state index contributed by atoms with van der Waals surface area (Å²) in [6, 6.07) is 16.6. The summed E-state index contributed by atoms with van der Waals surface area (Å²) in [5, 5.41) is 8.25.